The molecule has 1 N–H and O–H groups in total. The molecule has 0 saturated carbocycles. The Kier molecular flexibility index (Phi) is 4.77. The minimum atomic E-state index is 0.332. The Morgan fingerprint density at radius 2 is 1.67 bits per heavy atom. The zero-order chi connectivity index (χ0) is 8.65. The van der Waals surface area contributed by atoms with Crippen LogP contribution in [0, 0.1) is 5.92 Å². The predicted octanol–water partition coefficient (Wildman–Crippen LogP) is 2.67. The third kappa shape index (κ3) is 3.72. The van der Waals surface area contributed by atoms with Gasteiger partial charge in [0.25, 0.3) is 0 Å². The molecule has 0 fully saturated rings. The monoisotopic (exact) mass is 166 g/mol. The van der Waals surface area contributed by atoms with Crippen molar-refractivity contribution in [1.82, 2.24) is 0 Å². The molecule has 0 aromatic carbocycles. The summed E-state index contributed by atoms with van der Waals surface area (Å²) < 4.78 is 0. The average Bonchev–Trinajstić information content (AvgIpc) is 2.14. The lowest BCUT2D eigenvalue weighted by atomic mass is 9.99. The van der Waals surface area contributed by atoms with Crippen molar-refractivity contribution in [2.75, 3.05) is 6.61 Å². The average molecular weight is 166 g/mol. The van der Waals surface area contributed by atoms with Gasteiger partial charge in [-0.25, -0.2) is 0 Å². The zero-order valence-corrected chi connectivity index (χ0v) is 7.58. The van der Waals surface area contributed by atoms with Crippen LogP contribution in [-0.2, 0) is 0 Å². The van der Waals surface area contributed by atoms with E-state index in [2.05, 4.69) is 24.3 Å². The second kappa shape index (κ2) is 6.01. The summed E-state index contributed by atoms with van der Waals surface area (Å²) in [6.45, 7) is 0.332. The first kappa shape index (κ1) is 9.53. The van der Waals surface area contributed by atoms with Crippen LogP contribution < -0.4 is 0 Å². The molecule has 68 valence electrons. The summed E-state index contributed by atoms with van der Waals surface area (Å²) in [5, 5.41) is 9.01. The summed E-state index contributed by atoms with van der Waals surface area (Å²) in [5.74, 6) is 0.476. The molecule has 0 radical (unpaired) electrons. The first-order chi connectivity index (χ1) is 5.93. The van der Waals surface area contributed by atoms with Crippen molar-refractivity contribution in [3.63, 3.8) is 0 Å². The molecule has 0 aromatic heterocycles. The van der Waals surface area contributed by atoms with Gasteiger partial charge in [0, 0.05) is 6.61 Å². The van der Waals surface area contributed by atoms with Gasteiger partial charge < -0.3 is 5.11 Å². The van der Waals surface area contributed by atoms with Crippen molar-refractivity contribution in [1.29, 1.82) is 0 Å². The van der Waals surface area contributed by atoms with Gasteiger partial charge in [0.15, 0.2) is 0 Å². The normalized spacial score (nSPS) is 30.9. The number of hydrogen-bond acceptors (Lipinski definition) is 1. The molecule has 12 heavy (non-hydrogen) atoms. The van der Waals surface area contributed by atoms with E-state index in [-0.39, 0.29) is 0 Å². The van der Waals surface area contributed by atoms with Gasteiger partial charge in [-0.1, -0.05) is 24.3 Å². The molecular weight excluding hydrogens is 148 g/mol. The topological polar surface area (TPSA) is 20.2 Å². The van der Waals surface area contributed by atoms with E-state index in [1.807, 2.05) is 0 Å². The Bertz CT molecular complexity index is 158. The Morgan fingerprint density at radius 1 is 1.00 bits per heavy atom. The van der Waals surface area contributed by atoms with E-state index in [4.69, 9.17) is 5.11 Å². The smallest absolute Gasteiger partial charge is 0.0462 e. The third-order valence-electron chi connectivity index (χ3n) is 2.30. The van der Waals surface area contributed by atoms with Crippen LogP contribution in [0.15, 0.2) is 24.3 Å². The van der Waals surface area contributed by atoms with Crippen molar-refractivity contribution in [3.8, 4) is 0 Å². The molecule has 1 aliphatic carbocycles. The maximum absolute atomic E-state index is 9.01. The van der Waals surface area contributed by atoms with Gasteiger partial charge in [0.2, 0.25) is 0 Å². The van der Waals surface area contributed by atoms with E-state index in [9.17, 15) is 0 Å². The Labute approximate surface area is 74.8 Å². The molecule has 1 rings (SSSR count). The molecule has 1 heteroatoms. The molecule has 0 spiro atoms. The van der Waals surface area contributed by atoms with Crippen LogP contribution in [0.1, 0.15) is 32.1 Å². The predicted molar refractivity (Wildman–Crippen MR) is 51.9 cm³/mol. The van der Waals surface area contributed by atoms with Gasteiger partial charge in [-0.3, -0.25) is 0 Å². The van der Waals surface area contributed by atoms with Gasteiger partial charge in [0.05, 0.1) is 0 Å². The highest BCUT2D eigenvalue weighted by molar-refractivity contribution is 4.91. The summed E-state index contributed by atoms with van der Waals surface area (Å²) in [5.41, 5.74) is 0. The molecule has 1 aliphatic rings. The van der Waals surface area contributed by atoms with Gasteiger partial charge in [-0.2, -0.15) is 0 Å². The molecule has 0 amide bonds. The third-order valence-corrected chi connectivity index (χ3v) is 2.30. The zero-order valence-electron chi connectivity index (χ0n) is 7.58. The molecule has 1 nitrogen and oxygen atoms in total. The summed E-state index contributed by atoms with van der Waals surface area (Å²) in [4.78, 5) is 0. The van der Waals surface area contributed by atoms with Crippen molar-refractivity contribution in [2.45, 2.75) is 32.1 Å². The fourth-order valence-corrected chi connectivity index (χ4v) is 1.45. The van der Waals surface area contributed by atoms with E-state index in [1.54, 1.807) is 0 Å². The highest BCUT2D eigenvalue weighted by Gasteiger charge is 2.03. The van der Waals surface area contributed by atoms with Crippen LogP contribution in [0.25, 0.3) is 0 Å². The number of allylic oxidation sites excluding steroid dienone is 4. The fraction of sp³-hybridized carbons (Fsp3) is 0.636. The van der Waals surface area contributed by atoms with Gasteiger partial charge in [-0.15, -0.1) is 0 Å². The number of aliphatic hydroxyl groups excluding tert-OH is 1. The fourth-order valence-electron chi connectivity index (χ4n) is 1.45. The van der Waals surface area contributed by atoms with Gasteiger partial charge >= 0.3 is 0 Å². The minimum Gasteiger partial charge on any atom is -0.396 e. The minimum absolute atomic E-state index is 0.332. The number of hydrogen-bond donors (Lipinski definition) is 1. The van der Waals surface area contributed by atoms with Crippen molar-refractivity contribution >= 4 is 0 Å². The van der Waals surface area contributed by atoms with Crippen LogP contribution in [0.5, 0.6) is 0 Å². The van der Waals surface area contributed by atoms with E-state index in [0.29, 0.717) is 12.5 Å². The first-order valence-corrected chi connectivity index (χ1v) is 4.84. The molecule has 0 aliphatic heterocycles. The summed E-state index contributed by atoms with van der Waals surface area (Å²) in [6, 6.07) is 0. The molecule has 1 unspecified atom stereocenters. The van der Waals surface area contributed by atoms with E-state index in [0.717, 1.165) is 25.7 Å². The second-order valence-electron chi connectivity index (χ2n) is 3.38. The summed E-state index contributed by atoms with van der Waals surface area (Å²) in [7, 11) is 0. The standard InChI is InChI=1S/C11H18O/c12-10-11-8-6-4-2-1-3-5-7-9-11/h2,4-5,7,11-12H,1,3,6,8-10H2/b4-2+,7-5-. The van der Waals surface area contributed by atoms with Crippen LogP contribution in [0.4, 0.5) is 0 Å². The maximum atomic E-state index is 9.01. The largest absolute Gasteiger partial charge is 0.396 e. The van der Waals surface area contributed by atoms with Crippen molar-refractivity contribution in [3.05, 3.63) is 24.3 Å². The van der Waals surface area contributed by atoms with Crippen LogP contribution in [0.3, 0.4) is 0 Å². The first-order valence-electron chi connectivity index (χ1n) is 4.84. The molecular formula is C11H18O. The lowest BCUT2D eigenvalue weighted by molar-refractivity contribution is 0.220. The van der Waals surface area contributed by atoms with Crippen LogP contribution >= 0.6 is 0 Å². The quantitative estimate of drug-likeness (QED) is 0.594. The molecule has 0 saturated heterocycles. The van der Waals surface area contributed by atoms with Gasteiger partial charge in [-0.05, 0) is 38.0 Å². The maximum Gasteiger partial charge on any atom is 0.0462 e. The highest BCUT2D eigenvalue weighted by atomic mass is 16.3. The molecule has 1 atom stereocenters. The van der Waals surface area contributed by atoms with E-state index >= 15 is 0 Å². The van der Waals surface area contributed by atoms with Crippen LogP contribution in [0.2, 0.25) is 0 Å². The van der Waals surface area contributed by atoms with Crippen LogP contribution in [-0.4, -0.2) is 11.7 Å². The lowest BCUT2D eigenvalue weighted by Gasteiger charge is -2.10. The Morgan fingerprint density at radius 3 is 2.42 bits per heavy atom. The van der Waals surface area contributed by atoms with E-state index < -0.39 is 0 Å². The molecule has 0 aromatic rings. The summed E-state index contributed by atoms with van der Waals surface area (Å²) >= 11 is 0. The van der Waals surface area contributed by atoms with Gasteiger partial charge in [0.1, 0.15) is 0 Å². The highest BCUT2D eigenvalue weighted by Crippen LogP contribution is 2.13. The SMILES string of the molecule is OCC1C/C=C\CC/C=C/CC1. The summed E-state index contributed by atoms with van der Waals surface area (Å²) in [6.07, 6.45) is 14.5. The van der Waals surface area contributed by atoms with Crippen molar-refractivity contribution < 1.29 is 5.11 Å². The Hall–Kier alpha value is -0.560. The lowest BCUT2D eigenvalue weighted by Crippen LogP contribution is -2.04. The Balaban J connectivity index is 2.37. The molecule has 0 heterocycles. The molecule has 0 bridgehead atoms. The number of aliphatic hydroxyl groups is 1. The van der Waals surface area contributed by atoms with E-state index in [1.165, 1.54) is 6.42 Å². The number of rotatable bonds is 1. The second-order valence-corrected chi connectivity index (χ2v) is 3.38. The van der Waals surface area contributed by atoms with Crippen molar-refractivity contribution in [2.24, 2.45) is 5.92 Å².